The number of hydrogen-bond acceptors (Lipinski definition) is 5. The SMILES string of the molecule is COc1cc(C)c(CN(C)CC(=O)Nc2ccc(CN3CCCC3)cc2)cc1OC. The summed E-state index contributed by atoms with van der Waals surface area (Å²) in [7, 11) is 5.20. The van der Waals surface area contributed by atoms with Crippen LogP contribution < -0.4 is 14.8 Å². The van der Waals surface area contributed by atoms with Gasteiger partial charge in [0.15, 0.2) is 11.5 Å². The highest BCUT2D eigenvalue weighted by Crippen LogP contribution is 2.30. The molecule has 1 amide bonds. The molecular weight excluding hydrogens is 378 g/mol. The minimum atomic E-state index is -0.0251. The average molecular weight is 412 g/mol. The summed E-state index contributed by atoms with van der Waals surface area (Å²) in [6.07, 6.45) is 2.59. The summed E-state index contributed by atoms with van der Waals surface area (Å²) in [4.78, 5) is 16.9. The van der Waals surface area contributed by atoms with Crippen LogP contribution in [0.5, 0.6) is 11.5 Å². The zero-order valence-corrected chi connectivity index (χ0v) is 18.5. The van der Waals surface area contributed by atoms with Gasteiger partial charge in [-0.1, -0.05) is 12.1 Å². The topological polar surface area (TPSA) is 54.0 Å². The van der Waals surface area contributed by atoms with Gasteiger partial charge in [-0.05, 0) is 80.9 Å². The van der Waals surface area contributed by atoms with Crippen LogP contribution in [0.1, 0.15) is 29.5 Å². The Balaban J connectivity index is 1.52. The first-order chi connectivity index (χ1) is 14.5. The molecule has 1 saturated heterocycles. The van der Waals surface area contributed by atoms with Gasteiger partial charge in [0.2, 0.25) is 5.91 Å². The number of carbonyl (C=O) groups is 1. The Bertz CT molecular complexity index is 846. The summed E-state index contributed by atoms with van der Waals surface area (Å²) in [5, 5.41) is 3.00. The molecular formula is C24H33N3O3. The van der Waals surface area contributed by atoms with E-state index < -0.39 is 0 Å². The summed E-state index contributed by atoms with van der Waals surface area (Å²) in [5.41, 5.74) is 4.33. The molecule has 0 aliphatic carbocycles. The Hall–Kier alpha value is -2.57. The van der Waals surface area contributed by atoms with E-state index in [2.05, 4.69) is 22.3 Å². The molecule has 0 aromatic heterocycles. The number of nitrogens with zero attached hydrogens (tertiary/aromatic N) is 2. The maximum atomic E-state index is 12.5. The molecule has 0 bridgehead atoms. The van der Waals surface area contributed by atoms with Crippen molar-refractivity contribution in [1.82, 2.24) is 9.80 Å². The minimum Gasteiger partial charge on any atom is -0.493 e. The van der Waals surface area contributed by atoms with E-state index in [-0.39, 0.29) is 5.91 Å². The van der Waals surface area contributed by atoms with Gasteiger partial charge >= 0.3 is 0 Å². The molecule has 6 heteroatoms. The van der Waals surface area contributed by atoms with Crippen molar-refractivity contribution >= 4 is 11.6 Å². The van der Waals surface area contributed by atoms with Gasteiger partial charge in [-0.2, -0.15) is 0 Å². The van der Waals surface area contributed by atoms with Gasteiger partial charge in [0.1, 0.15) is 0 Å². The number of likely N-dealkylation sites (N-methyl/N-ethyl adjacent to an activating group) is 1. The smallest absolute Gasteiger partial charge is 0.238 e. The Labute approximate surface area is 179 Å². The average Bonchev–Trinajstić information content (AvgIpc) is 3.23. The second kappa shape index (κ2) is 10.5. The molecule has 0 spiro atoms. The summed E-state index contributed by atoms with van der Waals surface area (Å²) in [6, 6.07) is 12.1. The Morgan fingerprint density at radius 1 is 1.07 bits per heavy atom. The van der Waals surface area contributed by atoms with Crippen LogP contribution in [0.15, 0.2) is 36.4 Å². The second-order valence-corrected chi connectivity index (χ2v) is 8.03. The van der Waals surface area contributed by atoms with E-state index >= 15 is 0 Å². The van der Waals surface area contributed by atoms with Crippen LogP contribution in [0.4, 0.5) is 5.69 Å². The lowest BCUT2D eigenvalue weighted by molar-refractivity contribution is -0.117. The van der Waals surface area contributed by atoms with E-state index in [1.165, 1.54) is 31.5 Å². The second-order valence-electron chi connectivity index (χ2n) is 8.03. The zero-order chi connectivity index (χ0) is 21.5. The fourth-order valence-corrected chi connectivity index (χ4v) is 3.88. The lowest BCUT2D eigenvalue weighted by Gasteiger charge is -2.19. The molecule has 30 heavy (non-hydrogen) atoms. The number of ether oxygens (including phenoxy) is 2. The predicted molar refractivity (Wildman–Crippen MR) is 120 cm³/mol. The molecule has 2 aromatic carbocycles. The number of aryl methyl sites for hydroxylation is 1. The van der Waals surface area contributed by atoms with Gasteiger partial charge in [0.25, 0.3) is 0 Å². The molecule has 162 valence electrons. The third-order valence-electron chi connectivity index (χ3n) is 5.54. The molecule has 0 radical (unpaired) electrons. The van der Waals surface area contributed by atoms with E-state index in [0.717, 1.165) is 23.4 Å². The third-order valence-corrected chi connectivity index (χ3v) is 5.54. The van der Waals surface area contributed by atoms with Crippen molar-refractivity contribution in [3.63, 3.8) is 0 Å². The fourth-order valence-electron chi connectivity index (χ4n) is 3.88. The highest BCUT2D eigenvalue weighted by Gasteiger charge is 2.14. The summed E-state index contributed by atoms with van der Waals surface area (Å²) in [5.74, 6) is 1.39. The number of nitrogens with one attached hydrogen (secondary N) is 1. The quantitative estimate of drug-likeness (QED) is 0.682. The molecule has 1 aliphatic rings. The van der Waals surface area contributed by atoms with E-state index in [9.17, 15) is 4.79 Å². The lowest BCUT2D eigenvalue weighted by Crippen LogP contribution is -2.30. The highest BCUT2D eigenvalue weighted by atomic mass is 16.5. The van der Waals surface area contributed by atoms with Gasteiger partial charge in [0.05, 0.1) is 20.8 Å². The van der Waals surface area contributed by atoms with Crippen molar-refractivity contribution in [3.05, 3.63) is 53.1 Å². The van der Waals surface area contributed by atoms with Crippen LogP contribution in [0, 0.1) is 6.92 Å². The number of benzene rings is 2. The van der Waals surface area contributed by atoms with E-state index in [1.54, 1.807) is 14.2 Å². The zero-order valence-electron chi connectivity index (χ0n) is 18.5. The molecule has 1 N–H and O–H groups in total. The predicted octanol–water partition coefficient (Wildman–Crippen LogP) is 3.68. The fraction of sp³-hybridized carbons (Fsp3) is 0.458. The summed E-state index contributed by atoms with van der Waals surface area (Å²) in [6.45, 7) is 6.35. The molecule has 1 heterocycles. The maximum absolute atomic E-state index is 12.5. The van der Waals surface area contributed by atoms with Crippen LogP contribution in [-0.4, -0.2) is 56.6 Å². The van der Waals surface area contributed by atoms with Crippen LogP contribution in [-0.2, 0) is 17.9 Å². The number of rotatable bonds is 9. The first-order valence-electron chi connectivity index (χ1n) is 10.5. The van der Waals surface area contributed by atoms with Gasteiger partial charge < -0.3 is 14.8 Å². The van der Waals surface area contributed by atoms with E-state index in [4.69, 9.17) is 9.47 Å². The third kappa shape index (κ3) is 5.97. The van der Waals surface area contributed by atoms with Crippen molar-refractivity contribution < 1.29 is 14.3 Å². The number of anilines is 1. The normalized spacial score (nSPS) is 14.2. The molecule has 0 saturated carbocycles. The Morgan fingerprint density at radius 2 is 1.70 bits per heavy atom. The van der Waals surface area contributed by atoms with Crippen molar-refractivity contribution in [2.24, 2.45) is 0 Å². The Morgan fingerprint density at radius 3 is 2.33 bits per heavy atom. The number of carbonyl (C=O) groups excluding carboxylic acids is 1. The first kappa shape index (κ1) is 22.1. The molecule has 0 atom stereocenters. The number of methoxy groups -OCH3 is 2. The monoisotopic (exact) mass is 411 g/mol. The lowest BCUT2D eigenvalue weighted by atomic mass is 10.1. The molecule has 0 unspecified atom stereocenters. The maximum Gasteiger partial charge on any atom is 0.238 e. The van der Waals surface area contributed by atoms with Crippen molar-refractivity contribution in [2.45, 2.75) is 32.9 Å². The number of likely N-dealkylation sites (tertiary alicyclic amines) is 1. The van der Waals surface area contributed by atoms with E-state index in [1.807, 2.05) is 43.1 Å². The van der Waals surface area contributed by atoms with Crippen molar-refractivity contribution in [3.8, 4) is 11.5 Å². The first-order valence-corrected chi connectivity index (χ1v) is 10.5. The Kier molecular flexibility index (Phi) is 7.71. The van der Waals surface area contributed by atoms with Crippen molar-refractivity contribution in [2.75, 3.05) is 46.2 Å². The molecule has 1 fully saturated rings. The van der Waals surface area contributed by atoms with Crippen LogP contribution in [0.25, 0.3) is 0 Å². The molecule has 3 rings (SSSR count). The van der Waals surface area contributed by atoms with Crippen LogP contribution >= 0.6 is 0 Å². The van der Waals surface area contributed by atoms with Gasteiger partial charge in [-0.3, -0.25) is 14.6 Å². The van der Waals surface area contributed by atoms with Gasteiger partial charge in [-0.15, -0.1) is 0 Å². The van der Waals surface area contributed by atoms with Gasteiger partial charge in [-0.25, -0.2) is 0 Å². The number of hydrogen-bond donors (Lipinski definition) is 1. The summed E-state index contributed by atoms with van der Waals surface area (Å²) < 4.78 is 10.7. The summed E-state index contributed by atoms with van der Waals surface area (Å²) >= 11 is 0. The molecule has 2 aromatic rings. The highest BCUT2D eigenvalue weighted by molar-refractivity contribution is 5.92. The largest absolute Gasteiger partial charge is 0.493 e. The van der Waals surface area contributed by atoms with Gasteiger partial charge in [0, 0.05) is 18.8 Å². The molecule has 6 nitrogen and oxygen atoms in total. The van der Waals surface area contributed by atoms with Crippen LogP contribution in [0.2, 0.25) is 0 Å². The van der Waals surface area contributed by atoms with Crippen molar-refractivity contribution in [1.29, 1.82) is 0 Å². The molecule has 1 aliphatic heterocycles. The minimum absolute atomic E-state index is 0.0251. The van der Waals surface area contributed by atoms with E-state index in [0.29, 0.717) is 24.6 Å². The number of amides is 1. The standard InChI is InChI=1S/C24H33N3O3/c1-18-13-22(29-3)23(30-4)14-20(18)16-26(2)17-24(28)25-21-9-7-19(8-10-21)15-27-11-5-6-12-27/h7-10,13-14H,5-6,11-12,15-17H2,1-4H3,(H,25,28). The van der Waals surface area contributed by atoms with Crippen LogP contribution in [0.3, 0.4) is 0 Å².